The average molecular weight is 317 g/mol. The fourth-order valence-corrected chi connectivity index (χ4v) is 2.74. The predicted molar refractivity (Wildman–Crippen MR) is 83.7 cm³/mol. The zero-order valence-corrected chi connectivity index (χ0v) is 13.6. The lowest BCUT2D eigenvalue weighted by atomic mass is 9.95. The molecule has 7 heteroatoms. The molecule has 1 aliphatic heterocycles. The fraction of sp³-hybridized carbons (Fsp3) is 0.438. The van der Waals surface area contributed by atoms with Gasteiger partial charge < -0.3 is 14.2 Å². The van der Waals surface area contributed by atoms with Gasteiger partial charge in [0.1, 0.15) is 12.8 Å². The lowest BCUT2D eigenvalue weighted by Gasteiger charge is -2.15. The second-order valence-electron chi connectivity index (χ2n) is 5.48. The largest absolute Gasteiger partial charge is 0.477 e. The Balaban J connectivity index is 2.17. The van der Waals surface area contributed by atoms with Crippen molar-refractivity contribution in [2.24, 2.45) is 0 Å². The molecule has 0 spiro atoms. The van der Waals surface area contributed by atoms with Crippen LogP contribution in [0.1, 0.15) is 16.7 Å². The highest BCUT2D eigenvalue weighted by molar-refractivity contribution is 5.84. The number of hydrogen-bond donors (Lipinski definition) is 1. The van der Waals surface area contributed by atoms with E-state index in [-0.39, 0.29) is 18.7 Å². The second kappa shape index (κ2) is 6.00. The Morgan fingerprint density at radius 1 is 1.26 bits per heavy atom. The van der Waals surface area contributed by atoms with Gasteiger partial charge in [0.15, 0.2) is 0 Å². The topological polar surface area (TPSA) is 82.6 Å². The summed E-state index contributed by atoms with van der Waals surface area (Å²) in [5.41, 5.74) is 4.56. The second-order valence-corrected chi connectivity index (χ2v) is 5.48. The molecule has 1 N–H and O–H groups in total. The standard InChI is InChI=1S/C16H19N3O4/c1-8-5-11-13(19-15(22-4)14(18-11)21-3)10(9(8)2)6-12-16(20)23-7-17-12/h5,12,17H,6-7H2,1-4H3. The highest BCUT2D eigenvalue weighted by Crippen LogP contribution is 2.30. The number of hydrogen-bond acceptors (Lipinski definition) is 7. The van der Waals surface area contributed by atoms with Crippen LogP contribution in [0.15, 0.2) is 6.07 Å². The van der Waals surface area contributed by atoms with Gasteiger partial charge in [0.05, 0.1) is 25.3 Å². The first kappa shape index (κ1) is 15.5. The number of carbonyl (C=O) groups is 1. The molecular formula is C16H19N3O4. The molecule has 1 aliphatic rings. The number of carbonyl (C=O) groups excluding carboxylic acids is 1. The van der Waals surface area contributed by atoms with Gasteiger partial charge >= 0.3 is 5.97 Å². The van der Waals surface area contributed by atoms with Crippen LogP contribution >= 0.6 is 0 Å². The summed E-state index contributed by atoms with van der Waals surface area (Å²) in [5.74, 6) is 0.423. The predicted octanol–water partition coefficient (Wildman–Crippen LogP) is 1.28. The minimum absolute atomic E-state index is 0.243. The Morgan fingerprint density at radius 2 is 1.96 bits per heavy atom. The van der Waals surface area contributed by atoms with Gasteiger partial charge in [-0.2, -0.15) is 0 Å². The number of methoxy groups -OCH3 is 2. The van der Waals surface area contributed by atoms with Crippen LogP contribution in [0.5, 0.6) is 11.8 Å². The van der Waals surface area contributed by atoms with Crippen LogP contribution in [0.2, 0.25) is 0 Å². The molecule has 1 aromatic carbocycles. The molecule has 23 heavy (non-hydrogen) atoms. The number of cyclic esters (lactones) is 1. The summed E-state index contributed by atoms with van der Waals surface area (Å²) in [4.78, 5) is 20.8. The first-order chi connectivity index (χ1) is 11.0. The molecule has 1 atom stereocenters. The molecule has 1 unspecified atom stereocenters. The van der Waals surface area contributed by atoms with Crippen LogP contribution in [-0.4, -0.2) is 42.9 Å². The van der Waals surface area contributed by atoms with Gasteiger partial charge in [-0.3, -0.25) is 10.1 Å². The van der Waals surface area contributed by atoms with E-state index >= 15 is 0 Å². The van der Waals surface area contributed by atoms with E-state index in [0.29, 0.717) is 29.2 Å². The van der Waals surface area contributed by atoms with E-state index in [1.165, 1.54) is 14.2 Å². The smallest absolute Gasteiger partial charge is 0.324 e. The minimum Gasteiger partial charge on any atom is -0.477 e. The molecule has 122 valence electrons. The molecule has 0 aliphatic carbocycles. The van der Waals surface area contributed by atoms with Crippen molar-refractivity contribution in [3.63, 3.8) is 0 Å². The van der Waals surface area contributed by atoms with Crippen molar-refractivity contribution in [3.8, 4) is 11.8 Å². The van der Waals surface area contributed by atoms with E-state index < -0.39 is 0 Å². The first-order valence-electron chi connectivity index (χ1n) is 7.34. The first-order valence-corrected chi connectivity index (χ1v) is 7.34. The van der Waals surface area contributed by atoms with Crippen LogP contribution in [0.3, 0.4) is 0 Å². The van der Waals surface area contributed by atoms with Crippen molar-refractivity contribution in [3.05, 3.63) is 22.8 Å². The number of fused-ring (bicyclic) bond motifs is 1. The summed E-state index contributed by atoms with van der Waals surface area (Å²) in [6, 6.07) is 1.59. The summed E-state index contributed by atoms with van der Waals surface area (Å²) in [6.07, 6.45) is 0.493. The lowest BCUT2D eigenvalue weighted by molar-refractivity contribution is -0.139. The van der Waals surface area contributed by atoms with E-state index in [4.69, 9.17) is 14.2 Å². The third-order valence-corrected chi connectivity index (χ3v) is 4.17. The summed E-state index contributed by atoms with van der Waals surface area (Å²) < 4.78 is 15.4. The normalized spacial score (nSPS) is 17.4. The Kier molecular flexibility index (Phi) is 4.04. The van der Waals surface area contributed by atoms with Gasteiger partial charge in [0.25, 0.3) is 11.8 Å². The molecule has 1 aromatic heterocycles. The Hall–Kier alpha value is -2.41. The lowest BCUT2D eigenvalue weighted by Crippen LogP contribution is -2.30. The molecular weight excluding hydrogens is 298 g/mol. The van der Waals surface area contributed by atoms with E-state index in [1.54, 1.807) is 0 Å². The van der Waals surface area contributed by atoms with Gasteiger partial charge in [-0.15, -0.1) is 0 Å². The molecule has 7 nitrogen and oxygen atoms in total. The van der Waals surface area contributed by atoms with Crippen molar-refractivity contribution in [2.75, 3.05) is 21.0 Å². The van der Waals surface area contributed by atoms with Crippen LogP contribution in [-0.2, 0) is 16.0 Å². The van der Waals surface area contributed by atoms with Gasteiger partial charge in [-0.05, 0) is 36.6 Å². The number of esters is 1. The highest BCUT2D eigenvalue weighted by Gasteiger charge is 2.28. The molecule has 2 heterocycles. The third-order valence-electron chi connectivity index (χ3n) is 4.17. The van der Waals surface area contributed by atoms with Crippen LogP contribution in [0.4, 0.5) is 0 Å². The summed E-state index contributed by atoms with van der Waals surface area (Å²) >= 11 is 0. The average Bonchev–Trinajstić information content (AvgIpc) is 2.95. The van der Waals surface area contributed by atoms with Crippen LogP contribution in [0, 0.1) is 13.8 Å². The van der Waals surface area contributed by atoms with Crippen LogP contribution in [0.25, 0.3) is 11.0 Å². The summed E-state index contributed by atoms with van der Waals surface area (Å²) in [7, 11) is 3.05. The molecule has 0 amide bonds. The van der Waals surface area contributed by atoms with Crippen molar-refractivity contribution >= 4 is 17.0 Å². The quantitative estimate of drug-likeness (QED) is 0.850. The van der Waals surface area contributed by atoms with Gasteiger partial charge in [-0.25, -0.2) is 9.97 Å². The number of aromatic nitrogens is 2. The maximum absolute atomic E-state index is 11.8. The summed E-state index contributed by atoms with van der Waals surface area (Å²) in [5, 5.41) is 3.04. The van der Waals surface area contributed by atoms with E-state index in [1.807, 2.05) is 19.9 Å². The maximum atomic E-state index is 11.8. The fourth-order valence-electron chi connectivity index (χ4n) is 2.74. The molecule has 1 saturated heterocycles. The van der Waals surface area contributed by atoms with E-state index in [2.05, 4.69) is 15.3 Å². The van der Waals surface area contributed by atoms with Gasteiger partial charge in [0.2, 0.25) is 0 Å². The number of ether oxygens (including phenoxy) is 3. The highest BCUT2D eigenvalue weighted by atomic mass is 16.6. The Morgan fingerprint density at radius 3 is 2.57 bits per heavy atom. The van der Waals surface area contributed by atoms with Crippen molar-refractivity contribution in [1.82, 2.24) is 15.3 Å². The molecule has 0 bridgehead atoms. The monoisotopic (exact) mass is 317 g/mol. The maximum Gasteiger partial charge on any atom is 0.324 e. The van der Waals surface area contributed by atoms with E-state index in [0.717, 1.165) is 16.7 Å². The van der Waals surface area contributed by atoms with Crippen LogP contribution < -0.4 is 14.8 Å². The zero-order chi connectivity index (χ0) is 16.6. The molecule has 0 radical (unpaired) electrons. The molecule has 1 fully saturated rings. The number of rotatable bonds is 4. The molecule has 2 aromatic rings. The van der Waals surface area contributed by atoms with Crippen molar-refractivity contribution < 1.29 is 19.0 Å². The molecule has 0 saturated carbocycles. The number of nitrogens with one attached hydrogen (secondary N) is 1. The number of aryl methyl sites for hydroxylation is 1. The van der Waals surface area contributed by atoms with E-state index in [9.17, 15) is 4.79 Å². The van der Waals surface area contributed by atoms with Gasteiger partial charge in [0, 0.05) is 6.42 Å². The Bertz CT molecular complexity index is 776. The van der Waals surface area contributed by atoms with Crippen molar-refractivity contribution in [2.45, 2.75) is 26.3 Å². The number of benzene rings is 1. The SMILES string of the molecule is COc1nc2cc(C)c(C)c(CC3NCOC3=O)c2nc1OC. The summed E-state index contributed by atoms with van der Waals surface area (Å²) in [6.45, 7) is 4.27. The number of nitrogens with zero attached hydrogens (tertiary/aromatic N) is 2. The van der Waals surface area contributed by atoms with Crippen molar-refractivity contribution in [1.29, 1.82) is 0 Å². The van der Waals surface area contributed by atoms with Gasteiger partial charge in [-0.1, -0.05) is 0 Å². The third kappa shape index (κ3) is 2.68. The minimum atomic E-state index is -0.367. The molecule has 3 rings (SSSR count). The zero-order valence-electron chi connectivity index (χ0n) is 13.6. The Labute approximate surface area is 134 Å².